The Hall–Kier alpha value is -3.94. The molecular weight excluding hydrogens is 350 g/mol. The van der Waals surface area contributed by atoms with E-state index in [0.29, 0.717) is 22.8 Å². The van der Waals surface area contributed by atoms with E-state index in [1.807, 2.05) is 0 Å². The van der Waals surface area contributed by atoms with Crippen molar-refractivity contribution in [2.24, 2.45) is 4.99 Å². The number of aliphatic imine (C=N–C) groups is 1. The topological polar surface area (TPSA) is 116 Å². The van der Waals surface area contributed by atoms with Crippen molar-refractivity contribution < 1.29 is 24.0 Å². The van der Waals surface area contributed by atoms with Gasteiger partial charge < -0.3 is 14.4 Å². The molecule has 2 aromatic rings. The van der Waals surface area contributed by atoms with Crippen LogP contribution in [-0.2, 0) is 9.63 Å². The average molecular weight is 363 g/mol. The Kier molecular flexibility index (Phi) is 3.73. The molecule has 0 spiro atoms. The molecule has 8 heteroatoms. The third-order valence-corrected chi connectivity index (χ3v) is 4.02. The molecule has 1 aromatic heterocycles. The third-order valence-electron chi connectivity index (χ3n) is 4.02. The number of hydroxylamine groups is 2. The standard InChI is InChI=1S/C19H13N3O5/c1-10-8-16-21-18(23)14(17(20)22(16)27-10)9-11-6-7-15(26-11)12-4-2-3-5-13(12)19(24)25/h2-9,20H,1H3,(H,24,25). The SMILES string of the molecule is CC1=CC2=NC(=O)C(=Cc3ccc(-c4ccccc4C(=O)O)o3)C(=N)N2O1. The van der Waals surface area contributed by atoms with Crippen molar-refractivity contribution in [3.63, 3.8) is 0 Å². The highest BCUT2D eigenvalue weighted by Gasteiger charge is 2.34. The van der Waals surface area contributed by atoms with Crippen LogP contribution in [0.4, 0.5) is 0 Å². The van der Waals surface area contributed by atoms with E-state index in [2.05, 4.69) is 4.99 Å². The van der Waals surface area contributed by atoms with Gasteiger partial charge in [-0.25, -0.2) is 4.79 Å². The summed E-state index contributed by atoms with van der Waals surface area (Å²) in [4.78, 5) is 32.9. The lowest BCUT2D eigenvalue weighted by molar-refractivity contribution is -0.114. The summed E-state index contributed by atoms with van der Waals surface area (Å²) in [6.45, 7) is 1.70. The van der Waals surface area contributed by atoms with Gasteiger partial charge in [0, 0.05) is 11.6 Å². The number of benzene rings is 1. The Labute approximate surface area is 153 Å². The van der Waals surface area contributed by atoms with Crippen molar-refractivity contribution in [1.29, 1.82) is 5.41 Å². The summed E-state index contributed by atoms with van der Waals surface area (Å²) in [6, 6.07) is 9.65. The highest BCUT2D eigenvalue weighted by molar-refractivity contribution is 6.32. The van der Waals surface area contributed by atoms with E-state index in [-0.39, 0.29) is 22.8 Å². The maximum Gasteiger partial charge on any atom is 0.336 e. The predicted octanol–water partition coefficient (Wildman–Crippen LogP) is 3.10. The lowest BCUT2D eigenvalue weighted by atomic mass is 10.1. The van der Waals surface area contributed by atoms with Crippen LogP contribution >= 0.6 is 0 Å². The number of nitrogens with one attached hydrogen (secondary N) is 1. The van der Waals surface area contributed by atoms with Gasteiger partial charge in [0.05, 0.1) is 11.1 Å². The summed E-state index contributed by atoms with van der Waals surface area (Å²) in [7, 11) is 0. The number of carbonyl (C=O) groups excluding carboxylic acids is 1. The predicted molar refractivity (Wildman–Crippen MR) is 95.9 cm³/mol. The zero-order valence-corrected chi connectivity index (χ0v) is 14.1. The van der Waals surface area contributed by atoms with Gasteiger partial charge >= 0.3 is 5.97 Å². The molecule has 27 heavy (non-hydrogen) atoms. The molecule has 0 saturated heterocycles. The first kappa shape index (κ1) is 16.5. The fourth-order valence-corrected chi connectivity index (χ4v) is 2.80. The number of carboxylic acid groups (broad SMARTS) is 1. The molecule has 1 amide bonds. The van der Waals surface area contributed by atoms with Crippen molar-refractivity contribution >= 4 is 29.6 Å². The van der Waals surface area contributed by atoms with E-state index < -0.39 is 11.9 Å². The van der Waals surface area contributed by atoms with Crippen LogP contribution in [0.1, 0.15) is 23.0 Å². The Morgan fingerprint density at radius 3 is 2.81 bits per heavy atom. The third kappa shape index (κ3) is 2.82. The minimum atomic E-state index is -1.07. The molecular formula is C19H13N3O5. The summed E-state index contributed by atoms with van der Waals surface area (Å²) >= 11 is 0. The number of amidine groups is 2. The zero-order chi connectivity index (χ0) is 19.1. The Morgan fingerprint density at radius 1 is 1.26 bits per heavy atom. The molecule has 134 valence electrons. The molecule has 3 heterocycles. The van der Waals surface area contributed by atoms with Crippen LogP contribution in [0, 0.1) is 5.41 Å². The van der Waals surface area contributed by atoms with Gasteiger partial charge in [0.15, 0.2) is 11.7 Å². The van der Waals surface area contributed by atoms with Gasteiger partial charge in [0.25, 0.3) is 5.91 Å². The molecule has 0 saturated carbocycles. The van der Waals surface area contributed by atoms with Crippen LogP contribution in [0.15, 0.2) is 63.2 Å². The number of amides is 1. The molecule has 0 atom stereocenters. The van der Waals surface area contributed by atoms with Crippen molar-refractivity contribution in [1.82, 2.24) is 5.06 Å². The van der Waals surface area contributed by atoms with E-state index in [0.717, 1.165) is 5.06 Å². The van der Waals surface area contributed by atoms with Crippen molar-refractivity contribution in [3.05, 3.63) is 65.1 Å². The quantitative estimate of drug-likeness (QED) is 0.810. The molecule has 2 aliphatic rings. The first-order chi connectivity index (χ1) is 12.9. The fourth-order valence-electron chi connectivity index (χ4n) is 2.80. The minimum absolute atomic E-state index is 0.00858. The van der Waals surface area contributed by atoms with E-state index >= 15 is 0 Å². The van der Waals surface area contributed by atoms with Crippen LogP contribution < -0.4 is 0 Å². The maximum absolute atomic E-state index is 12.3. The van der Waals surface area contributed by atoms with E-state index in [4.69, 9.17) is 14.7 Å². The van der Waals surface area contributed by atoms with E-state index in [1.165, 1.54) is 12.1 Å². The number of carbonyl (C=O) groups is 2. The van der Waals surface area contributed by atoms with Gasteiger partial charge in [-0.15, -0.1) is 5.06 Å². The summed E-state index contributed by atoms with van der Waals surface area (Å²) in [5, 5.41) is 18.6. The molecule has 8 nitrogen and oxygen atoms in total. The molecule has 2 aliphatic heterocycles. The average Bonchev–Trinajstić information content (AvgIpc) is 3.25. The van der Waals surface area contributed by atoms with Gasteiger partial charge in [-0.05, 0) is 31.2 Å². The molecule has 0 bridgehead atoms. The lowest BCUT2D eigenvalue weighted by Crippen LogP contribution is -2.38. The van der Waals surface area contributed by atoms with Crippen LogP contribution in [0.2, 0.25) is 0 Å². The number of hydrogen-bond donors (Lipinski definition) is 2. The van der Waals surface area contributed by atoms with Crippen LogP contribution in [0.25, 0.3) is 17.4 Å². The smallest absolute Gasteiger partial charge is 0.336 e. The van der Waals surface area contributed by atoms with Crippen LogP contribution in [-0.4, -0.2) is 33.7 Å². The van der Waals surface area contributed by atoms with Crippen molar-refractivity contribution in [3.8, 4) is 11.3 Å². The first-order valence-electron chi connectivity index (χ1n) is 7.96. The highest BCUT2D eigenvalue weighted by atomic mass is 16.7. The maximum atomic E-state index is 12.3. The van der Waals surface area contributed by atoms with Crippen LogP contribution in [0.3, 0.4) is 0 Å². The van der Waals surface area contributed by atoms with Gasteiger partial charge in [-0.2, -0.15) is 4.99 Å². The number of carboxylic acids is 1. The number of allylic oxidation sites excluding steroid dienone is 1. The largest absolute Gasteiger partial charge is 0.478 e. The van der Waals surface area contributed by atoms with Crippen molar-refractivity contribution in [2.45, 2.75) is 6.92 Å². The van der Waals surface area contributed by atoms with Gasteiger partial charge in [-0.3, -0.25) is 10.2 Å². The Balaban J connectivity index is 1.69. The highest BCUT2D eigenvalue weighted by Crippen LogP contribution is 2.28. The minimum Gasteiger partial charge on any atom is -0.478 e. The number of hydrogen-bond acceptors (Lipinski definition) is 5. The fraction of sp³-hybridized carbons (Fsp3) is 0.0526. The number of nitrogens with zero attached hydrogens (tertiary/aromatic N) is 2. The van der Waals surface area contributed by atoms with Crippen LogP contribution in [0.5, 0.6) is 0 Å². The molecule has 0 aliphatic carbocycles. The molecule has 4 rings (SSSR count). The second-order valence-corrected chi connectivity index (χ2v) is 5.88. The molecule has 2 N–H and O–H groups in total. The van der Waals surface area contributed by atoms with E-state index in [9.17, 15) is 14.7 Å². The number of rotatable bonds is 3. The Morgan fingerprint density at radius 2 is 2.04 bits per heavy atom. The normalized spacial score (nSPS) is 17.5. The number of fused-ring (bicyclic) bond motifs is 1. The summed E-state index contributed by atoms with van der Waals surface area (Å²) in [5.74, 6) is -0.378. The summed E-state index contributed by atoms with van der Waals surface area (Å²) in [6.07, 6.45) is 2.95. The first-order valence-corrected chi connectivity index (χ1v) is 7.96. The molecule has 0 unspecified atom stereocenters. The second kappa shape index (κ2) is 6.10. The van der Waals surface area contributed by atoms with Gasteiger partial charge in [0.2, 0.25) is 0 Å². The van der Waals surface area contributed by atoms with Gasteiger partial charge in [-0.1, -0.05) is 18.2 Å². The summed E-state index contributed by atoms with van der Waals surface area (Å²) in [5.41, 5.74) is 0.533. The number of aromatic carboxylic acids is 1. The molecule has 1 aromatic carbocycles. The zero-order valence-electron chi connectivity index (χ0n) is 14.1. The lowest BCUT2D eigenvalue weighted by Gasteiger charge is -2.22. The molecule has 0 fully saturated rings. The number of furan rings is 1. The van der Waals surface area contributed by atoms with Gasteiger partial charge in [0.1, 0.15) is 17.3 Å². The van der Waals surface area contributed by atoms with Crippen molar-refractivity contribution in [2.75, 3.05) is 0 Å². The molecule has 0 radical (unpaired) electrons. The second-order valence-electron chi connectivity index (χ2n) is 5.88. The monoisotopic (exact) mass is 363 g/mol. The summed E-state index contributed by atoms with van der Waals surface area (Å²) < 4.78 is 5.68. The van der Waals surface area contributed by atoms with E-state index in [1.54, 1.807) is 43.3 Å². The Bertz CT molecular complexity index is 1090.